The number of nitrogens with zero attached hydrogens (tertiary/aromatic N) is 1. The number of ether oxygens (including phenoxy) is 1. The molecule has 0 spiro atoms. The zero-order valence-corrected chi connectivity index (χ0v) is 12.3. The van der Waals surface area contributed by atoms with Crippen LogP contribution in [0.2, 0.25) is 0 Å². The topological polar surface area (TPSA) is 39.2 Å². The molecular formula is C16H23NO2. The largest absolute Gasteiger partial charge is 0.462 e. The second-order valence-corrected chi connectivity index (χ2v) is 5.41. The maximum absolute atomic E-state index is 12.0. The third-order valence-electron chi connectivity index (χ3n) is 4.20. The van der Waals surface area contributed by atoms with Gasteiger partial charge >= 0.3 is 5.97 Å². The van der Waals surface area contributed by atoms with E-state index in [1.54, 1.807) is 0 Å². The van der Waals surface area contributed by atoms with Crippen LogP contribution in [-0.4, -0.2) is 17.6 Å². The standard InChI is InChI=1S/C16H23NO2/c1-5-14-13(16(18)19-6-2)9-12-8-7-10(3)11(4)15(12)17-14/h9-11H,5-8H2,1-4H3. The van der Waals surface area contributed by atoms with Crippen molar-refractivity contribution >= 4 is 5.97 Å². The molecule has 0 fully saturated rings. The van der Waals surface area contributed by atoms with Crippen molar-refractivity contribution in [3.8, 4) is 0 Å². The summed E-state index contributed by atoms with van der Waals surface area (Å²) >= 11 is 0. The number of aromatic nitrogens is 1. The van der Waals surface area contributed by atoms with Crippen LogP contribution in [0, 0.1) is 5.92 Å². The lowest BCUT2D eigenvalue weighted by atomic mass is 9.79. The van der Waals surface area contributed by atoms with Crippen molar-refractivity contribution in [1.29, 1.82) is 0 Å². The number of rotatable bonds is 3. The molecule has 19 heavy (non-hydrogen) atoms. The molecule has 3 heteroatoms. The normalized spacial score (nSPS) is 21.9. The number of pyridine rings is 1. The highest BCUT2D eigenvalue weighted by molar-refractivity contribution is 5.91. The van der Waals surface area contributed by atoms with Crippen LogP contribution in [0.1, 0.15) is 67.3 Å². The molecule has 1 aliphatic rings. The minimum atomic E-state index is -0.235. The molecule has 0 aliphatic heterocycles. The fraction of sp³-hybridized carbons (Fsp3) is 0.625. The van der Waals surface area contributed by atoms with E-state index in [1.165, 1.54) is 17.7 Å². The Morgan fingerprint density at radius 2 is 2.16 bits per heavy atom. The van der Waals surface area contributed by atoms with Gasteiger partial charge in [0.15, 0.2) is 0 Å². The van der Waals surface area contributed by atoms with E-state index in [1.807, 2.05) is 19.9 Å². The fourth-order valence-electron chi connectivity index (χ4n) is 2.76. The summed E-state index contributed by atoms with van der Waals surface area (Å²) in [5, 5.41) is 0. The van der Waals surface area contributed by atoms with Crippen LogP contribution in [0.5, 0.6) is 0 Å². The number of hydrogen-bond donors (Lipinski definition) is 0. The molecular weight excluding hydrogens is 238 g/mol. The molecule has 3 nitrogen and oxygen atoms in total. The van der Waals surface area contributed by atoms with Gasteiger partial charge in [-0.3, -0.25) is 4.98 Å². The van der Waals surface area contributed by atoms with Gasteiger partial charge in [-0.05, 0) is 43.7 Å². The van der Waals surface area contributed by atoms with E-state index in [4.69, 9.17) is 9.72 Å². The molecule has 1 aliphatic carbocycles. The van der Waals surface area contributed by atoms with Gasteiger partial charge in [-0.2, -0.15) is 0 Å². The summed E-state index contributed by atoms with van der Waals surface area (Å²) in [5.74, 6) is 0.907. The molecule has 2 rings (SSSR count). The van der Waals surface area contributed by atoms with E-state index in [9.17, 15) is 4.79 Å². The minimum Gasteiger partial charge on any atom is -0.462 e. The van der Waals surface area contributed by atoms with E-state index >= 15 is 0 Å². The third kappa shape index (κ3) is 2.65. The Labute approximate surface area is 115 Å². The first-order valence-corrected chi connectivity index (χ1v) is 7.28. The van der Waals surface area contributed by atoms with Gasteiger partial charge < -0.3 is 4.74 Å². The molecule has 2 unspecified atom stereocenters. The van der Waals surface area contributed by atoms with Crippen LogP contribution in [0.3, 0.4) is 0 Å². The van der Waals surface area contributed by atoms with Crippen molar-refractivity contribution in [2.45, 2.75) is 52.9 Å². The second kappa shape index (κ2) is 5.72. The second-order valence-electron chi connectivity index (χ2n) is 5.41. The van der Waals surface area contributed by atoms with Gasteiger partial charge in [-0.25, -0.2) is 4.79 Å². The van der Waals surface area contributed by atoms with Gasteiger partial charge in [-0.1, -0.05) is 20.8 Å². The van der Waals surface area contributed by atoms with E-state index in [2.05, 4.69) is 13.8 Å². The summed E-state index contributed by atoms with van der Waals surface area (Å²) < 4.78 is 5.13. The van der Waals surface area contributed by atoms with E-state index in [0.29, 0.717) is 24.0 Å². The van der Waals surface area contributed by atoms with Crippen LogP contribution in [0.4, 0.5) is 0 Å². The average Bonchev–Trinajstić information content (AvgIpc) is 2.42. The summed E-state index contributed by atoms with van der Waals surface area (Å²) in [5.41, 5.74) is 3.94. The van der Waals surface area contributed by atoms with Gasteiger partial charge in [0.2, 0.25) is 0 Å². The number of esters is 1. The monoisotopic (exact) mass is 261 g/mol. The summed E-state index contributed by atoms with van der Waals surface area (Å²) in [6.07, 6.45) is 2.95. The number of aryl methyl sites for hydroxylation is 2. The van der Waals surface area contributed by atoms with Crippen molar-refractivity contribution in [3.63, 3.8) is 0 Å². The highest BCUT2D eigenvalue weighted by Crippen LogP contribution is 2.35. The lowest BCUT2D eigenvalue weighted by Crippen LogP contribution is -2.21. The first kappa shape index (κ1) is 14.0. The molecule has 0 N–H and O–H groups in total. The molecule has 0 bridgehead atoms. The maximum atomic E-state index is 12.0. The zero-order valence-electron chi connectivity index (χ0n) is 12.3. The van der Waals surface area contributed by atoms with Crippen LogP contribution in [0.25, 0.3) is 0 Å². The fourth-order valence-corrected chi connectivity index (χ4v) is 2.76. The van der Waals surface area contributed by atoms with Crippen molar-refractivity contribution in [3.05, 3.63) is 28.6 Å². The molecule has 1 heterocycles. The van der Waals surface area contributed by atoms with Crippen LogP contribution >= 0.6 is 0 Å². The Balaban J connectivity index is 2.45. The first-order valence-electron chi connectivity index (χ1n) is 7.28. The lowest BCUT2D eigenvalue weighted by Gasteiger charge is -2.28. The predicted octanol–water partition coefficient (Wildman–Crippen LogP) is 3.51. The maximum Gasteiger partial charge on any atom is 0.339 e. The van der Waals surface area contributed by atoms with Gasteiger partial charge in [0.05, 0.1) is 17.9 Å². The molecule has 0 saturated heterocycles. The molecule has 0 saturated carbocycles. The smallest absolute Gasteiger partial charge is 0.339 e. The molecule has 104 valence electrons. The van der Waals surface area contributed by atoms with E-state index < -0.39 is 0 Å². The Kier molecular flexibility index (Phi) is 4.23. The Morgan fingerprint density at radius 3 is 2.79 bits per heavy atom. The number of carbonyl (C=O) groups excluding carboxylic acids is 1. The van der Waals surface area contributed by atoms with Crippen LogP contribution in [-0.2, 0) is 17.6 Å². The molecule has 1 aromatic rings. The van der Waals surface area contributed by atoms with Gasteiger partial charge in [0.1, 0.15) is 0 Å². The summed E-state index contributed by atoms with van der Waals surface area (Å²) in [4.78, 5) is 16.8. The third-order valence-corrected chi connectivity index (χ3v) is 4.20. The molecule has 0 aromatic carbocycles. The Hall–Kier alpha value is -1.38. The number of fused-ring (bicyclic) bond motifs is 1. The molecule has 2 atom stereocenters. The highest BCUT2D eigenvalue weighted by atomic mass is 16.5. The Bertz CT molecular complexity index is 482. The number of hydrogen-bond acceptors (Lipinski definition) is 3. The van der Waals surface area contributed by atoms with Gasteiger partial charge in [-0.15, -0.1) is 0 Å². The average molecular weight is 261 g/mol. The summed E-state index contributed by atoms with van der Waals surface area (Å²) in [6, 6.07) is 2.02. The summed E-state index contributed by atoms with van der Waals surface area (Å²) in [7, 11) is 0. The van der Waals surface area contributed by atoms with Gasteiger partial charge in [0, 0.05) is 11.6 Å². The lowest BCUT2D eigenvalue weighted by molar-refractivity contribution is 0.0524. The van der Waals surface area contributed by atoms with Crippen LogP contribution in [0.15, 0.2) is 6.07 Å². The highest BCUT2D eigenvalue weighted by Gasteiger charge is 2.27. The Morgan fingerprint density at radius 1 is 1.42 bits per heavy atom. The van der Waals surface area contributed by atoms with E-state index in [-0.39, 0.29) is 5.97 Å². The zero-order chi connectivity index (χ0) is 14.0. The first-order chi connectivity index (χ1) is 9.08. The van der Waals surface area contributed by atoms with E-state index in [0.717, 1.165) is 18.5 Å². The number of carbonyl (C=O) groups is 1. The molecule has 0 amide bonds. The summed E-state index contributed by atoms with van der Waals surface area (Å²) in [6.45, 7) is 8.79. The minimum absolute atomic E-state index is 0.235. The van der Waals surface area contributed by atoms with Crippen molar-refractivity contribution in [2.24, 2.45) is 5.92 Å². The van der Waals surface area contributed by atoms with Gasteiger partial charge in [0.25, 0.3) is 0 Å². The van der Waals surface area contributed by atoms with Crippen molar-refractivity contribution in [2.75, 3.05) is 6.61 Å². The van der Waals surface area contributed by atoms with Crippen molar-refractivity contribution in [1.82, 2.24) is 4.98 Å². The molecule has 0 radical (unpaired) electrons. The predicted molar refractivity (Wildman–Crippen MR) is 75.5 cm³/mol. The quantitative estimate of drug-likeness (QED) is 0.782. The van der Waals surface area contributed by atoms with Crippen LogP contribution < -0.4 is 0 Å². The van der Waals surface area contributed by atoms with Crippen molar-refractivity contribution < 1.29 is 9.53 Å². The SMILES string of the molecule is CCOC(=O)c1cc2c(nc1CC)C(C)C(C)CC2. The molecule has 1 aromatic heterocycles.